The molecule has 0 aliphatic carbocycles. The van der Waals surface area contributed by atoms with E-state index in [0.29, 0.717) is 25.0 Å². The molecule has 0 fully saturated rings. The number of thiocarbonyl (C=S) groups is 2. The second kappa shape index (κ2) is 21.9. The average molecular weight is 389 g/mol. The minimum Gasteiger partial charge on any atom is -0.514 e. The Morgan fingerprint density at radius 1 is 0.850 bits per heavy atom. The summed E-state index contributed by atoms with van der Waals surface area (Å²) in [5.74, 6) is 1.32. The van der Waals surface area contributed by atoms with Crippen molar-refractivity contribution in [3.63, 3.8) is 0 Å². The van der Waals surface area contributed by atoms with Crippen LogP contribution < -0.4 is 80.9 Å². The van der Waals surface area contributed by atoms with E-state index in [1.165, 1.54) is 0 Å². The molecule has 20 heavy (non-hydrogen) atoms. The van der Waals surface area contributed by atoms with Crippen LogP contribution in [0.1, 0.15) is 40.5 Å². The normalized spacial score (nSPS) is 8.70. The van der Waals surface area contributed by atoms with Gasteiger partial charge in [-0.1, -0.05) is 27.7 Å². The van der Waals surface area contributed by atoms with Crippen LogP contribution in [0.4, 0.5) is 0 Å². The van der Waals surface area contributed by atoms with Gasteiger partial charge in [0.1, 0.15) is 0 Å². The monoisotopic (exact) mass is 388 g/mol. The molecule has 0 aliphatic rings. The summed E-state index contributed by atoms with van der Waals surface area (Å²) in [4.78, 5) is 0. The van der Waals surface area contributed by atoms with Crippen molar-refractivity contribution in [3.05, 3.63) is 0 Å². The molecule has 0 aromatic carbocycles. The fourth-order valence-electron chi connectivity index (χ4n) is 0.756. The van der Waals surface area contributed by atoms with Crippen molar-refractivity contribution in [1.82, 2.24) is 0 Å². The van der Waals surface area contributed by atoms with Gasteiger partial charge in [0.05, 0.1) is 13.2 Å². The number of hydrogen-bond donors (Lipinski definition) is 0. The maximum Gasteiger partial charge on any atom is 1.00 e. The third-order valence-electron chi connectivity index (χ3n) is 1.83. The molecule has 0 N–H and O–H groups in total. The Morgan fingerprint density at radius 2 is 1.10 bits per heavy atom. The Balaban J connectivity index is -0.000000116. The van der Waals surface area contributed by atoms with E-state index >= 15 is 0 Å². The molecule has 0 atom stereocenters. The van der Waals surface area contributed by atoms with Crippen LogP contribution in [0.3, 0.4) is 0 Å². The zero-order valence-corrected chi connectivity index (χ0v) is 21.8. The van der Waals surface area contributed by atoms with Gasteiger partial charge >= 0.3 is 80.9 Å². The molecule has 0 bridgehead atoms. The molecule has 0 aromatic heterocycles. The van der Waals surface area contributed by atoms with Crippen molar-refractivity contribution >= 4 is 58.5 Å². The number of rotatable bonds is 6. The summed E-state index contributed by atoms with van der Waals surface area (Å²) in [5.41, 5.74) is 0. The topological polar surface area (TPSA) is 18.5 Å². The quantitative estimate of drug-likeness (QED) is 0.289. The molecule has 0 saturated carbocycles. The molecule has 0 radical (unpaired) electrons. The molecule has 0 rings (SSSR count). The van der Waals surface area contributed by atoms with E-state index in [4.69, 9.17) is 9.47 Å². The van der Waals surface area contributed by atoms with E-state index < -0.39 is 0 Å². The van der Waals surface area contributed by atoms with Crippen LogP contribution in [0.25, 0.3) is 0 Å². The summed E-state index contributed by atoms with van der Waals surface area (Å²) in [7, 11) is 0. The fraction of sp³-hybridized carbons (Fsp3) is 0.833. The molecule has 0 amide bonds. The first kappa shape index (κ1) is 30.7. The van der Waals surface area contributed by atoms with Crippen molar-refractivity contribution < 1.29 is 90.4 Å². The first-order valence-electron chi connectivity index (χ1n) is 5.93. The van der Waals surface area contributed by atoms with Gasteiger partial charge in [-0.2, -0.15) is 0 Å². The predicted molar refractivity (Wildman–Crippen MR) is 90.7 cm³/mol. The summed E-state index contributed by atoms with van der Waals surface area (Å²) >= 11 is 18.2. The molecule has 0 unspecified atom stereocenters. The van der Waals surface area contributed by atoms with Gasteiger partial charge in [-0.25, -0.2) is 0 Å². The molecule has 0 saturated heterocycles. The van der Waals surface area contributed by atoms with E-state index in [9.17, 15) is 0 Å². The molecule has 2 nitrogen and oxygen atoms in total. The molecule has 108 valence electrons. The van der Waals surface area contributed by atoms with Crippen LogP contribution in [-0.4, -0.2) is 22.0 Å². The van der Waals surface area contributed by atoms with Crippen LogP contribution in [0.15, 0.2) is 0 Å². The summed E-state index contributed by atoms with van der Waals surface area (Å²) in [6.07, 6.45) is 2.05. The van der Waals surface area contributed by atoms with Crippen molar-refractivity contribution in [3.8, 4) is 0 Å². The largest absolute Gasteiger partial charge is 1.00 e. The van der Waals surface area contributed by atoms with Crippen LogP contribution in [0.5, 0.6) is 0 Å². The second-order valence-electron chi connectivity index (χ2n) is 4.56. The molecule has 0 heterocycles. The van der Waals surface area contributed by atoms with Crippen molar-refractivity contribution in [1.29, 1.82) is 0 Å². The first-order valence-corrected chi connectivity index (χ1v) is 7.56. The third-order valence-corrected chi connectivity index (χ3v) is 2.30. The Morgan fingerprint density at radius 3 is 1.25 bits per heavy atom. The minimum atomic E-state index is 0. The van der Waals surface area contributed by atoms with Gasteiger partial charge in [-0.05, 0) is 24.7 Å². The molecule has 0 spiro atoms. The number of ether oxygens (including phenoxy) is 2. The second-order valence-corrected chi connectivity index (χ2v) is 6.56. The molecule has 8 heteroatoms. The van der Waals surface area contributed by atoms with Gasteiger partial charge in [-0.15, -0.1) is 0 Å². The number of hydrogen-bond acceptors (Lipinski definition) is 6. The summed E-state index contributed by atoms with van der Waals surface area (Å²) < 4.78 is 10.3. The Bertz CT molecular complexity index is 217. The summed E-state index contributed by atoms with van der Waals surface area (Å²) in [5, 5.41) is 0. The Labute approximate surface area is 210 Å². The van der Waals surface area contributed by atoms with Gasteiger partial charge < -0.3 is 59.2 Å². The van der Waals surface area contributed by atoms with E-state index in [1.54, 1.807) is 0 Å². The third kappa shape index (κ3) is 37.3. The maximum absolute atomic E-state index is 4.90. The zero-order chi connectivity index (χ0) is 14.6. The van der Waals surface area contributed by atoms with Gasteiger partial charge in [0.15, 0.2) is 0 Å². The first-order chi connectivity index (χ1) is 8.25. The maximum atomic E-state index is 4.90. The van der Waals surface area contributed by atoms with Crippen LogP contribution >= 0.6 is 24.4 Å². The molecular formula is C12H22KNaO2S4. The van der Waals surface area contributed by atoms with Crippen molar-refractivity contribution in [2.75, 3.05) is 13.2 Å². The Kier molecular flexibility index (Phi) is 33.6. The molecule has 0 aliphatic heterocycles. The summed E-state index contributed by atoms with van der Waals surface area (Å²) in [6.45, 7) is 9.87. The van der Waals surface area contributed by atoms with E-state index in [-0.39, 0.29) is 89.7 Å². The van der Waals surface area contributed by atoms with Crippen molar-refractivity contribution in [2.45, 2.75) is 40.5 Å². The van der Waals surface area contributed by atoms with Gasteiger partial charge in [0.25, 0.3) is 0 Å². The van der Waals surface area contributed by atoms with Crippen LogP contribution in [0.2, 0.25) is 0 Å². The van der Waals surface area contributed by atoms with E-state index in [0.717, 1.165) is 12.8 Å². The van der Waals surface area contributed by atoms with E-state index in [2.05, 4.69) is 77.4 Å². The van der Waals surface area contributed by atoms with Crippen LogP contribution in [0, 0.1) is 11.8 Å². The predicted octanol–water partition coefficient (Wildman–Crippen LogP) is -2.23. The van der Waals surface area contributed by atoms with Crippen LogP contribution in [-0.2, 0) is 34.7 Å². The standard InChI is InChI=1S/2C6H12OS2.K.Na/c2*1-5(2)3-4-7-6(8)9;;/h2*5H,3-4H2,1-2H3,(H,8,9);;/q;;2*+1/p-2. The molecular weight excluding hydrogens is 366 g/mol. The zero-order valence-electron chi connectivity index (χ0n) is 13.4. The fourth-order valence-corrected chi connectivity index (χ4v) is 1.09. The van der Waals surface area contributed by atoms with Crippen molar-refractivity contribution in [2.24, 2.45) is 11.8 Å². The minimum absolute atomic E-state index is 0. The Hall–Kier alpha value is 2.86. The van der Waals surface area contributed by atoms with E-state index in [1.807, 2.05) is 0 Å². The van der Waals surface area contributed by atoms with Gasteiger partial charge in [-0.3, -0.25) is 0 Å². The average Bonchev–Trinajstić information content (AvgIpc) is 2.15. The smallest absolute Gasteiger partial charge is 0.514 e. The molecule has 0 aromatic rings. The SMILES string of the molecule is CC(C)CCOC(=S)[S-].CC(C)CCOC(=S)[S-].[K+].[Na+]. The summed E-state index contributed by atoms with van der Waals surface area (Å²) in [6, 6.07) is 0. The van der Waals surface area contributed by atoms with Gasteiger partial charge in [0, 0.05) is 8.77 Å². The van der Waals surface area contributed by atoms with Gasteiger partial charge in [0.2, 0.25) is 0 Å².